The molecule has 1 aromatic carbocycles. The Morgan fingerprint density at radius 2 is 2.11 bits per heavy atom. The monoisotopic (exact) mass is 344 g/mol. The molecule has 3 nitrogen and oxygen atoms in total. The fourth-order valence-electron chi connectivity index (χ4n) is 1.48. The van der Waals surface area contributed by atoms with Crippen molar-refractivity contribution in [3.63, 3.8) is 0 Å². The summed E-state index contributed by atoms with van der Waals surface area (Å²) in [6.07, 6.45) is 0. The van der Waals surface area contributed by atoms with Crippen molar-refractivity contribution in [3.8, 4) is 11.3 Å². The molecule has 2 aromatic rings. The van der Waals surface area contributed by atoms with E-state index in [9.17, 15) is 4.79 Å². The SMILES string of the molecule is Cc1sc(NC(=O)CCl)nc1-c1ccc(Br)cc1. The molecule has 0 spiro atoms. The number of nitrogens with zero attached hydrogens (tertiary/aromatic N) is 1. The largest absolute Gasteiger partial charge is 0.301 e. The summed E-state index contributed by atoms with van der Waals surface area (Å²) in [7, 11) is 0. The van der Waals surface area contributed by atoms with E-state index in [1.165, 1.54) is 11.3 Å². The van der Waals surface area contributed by atoms with Gasteiger partial charge in [0.25, 0.3) is 0 Å². The van der Waals surface area contributed by atoms with E-state index in [2.05, 4.69) is 26.2 Å². The van der Waals surface area contributed by atoms with Crippen LogP contribution in [0.5, 0.6) is 0 Å². The summed E-state index contributed by atoms with van der Waals surface area (Å²) in [5.41, 5.74) is 1.91. The van der Waals surface area contributed by atoms with Crippen molar-refractivity contribution in [1.29, 1.82) is 0 Å². The highest BCUT2D eigenvalue weighted by Crippen LogP contribution is 2.30. The second-order valence-electron chi connectivity index (χ2n) is 3.61. The van der Waals surface area contributed by atoms with Gasteiger partial charge in [0.15, 0.2) is 5.13 Å². The Morgan fingerprint density at radius 1 is 1.44 bits per heavy atom. The molecule has 0 aliphatic rings. The van der Waals surface area contributed by atoms with Crippen LogP contribution in [0.1, 0.15) is 4.88 Å². The number of rotatable bonds is 3. The zero-order valence-corrected chi connectivity index (χ0v) is 12.7. The lowest BCUT2D eigenvalue weighted by Gasteiger charge is -1.98. The third-order valence-corrected chi connectivity index (χ3v) is 3.94. The molecular formula is C12H10BrClN2OS. The molecule has 0 bridgehead atoms. The number of nitrogens with one attached hydrogen (secondary N) is 1. The second kappa shape index (κ2) is 5.82. The number of halogens is 2. The number of aromatic nitrogens is 1. The molecule has 0 unspecified atom stereocenters. The standard InChI is InChI=1S/C12H10BrClN2OS/c1-7-11(8-2-4-9(13)5-3-8)16-12(18-7)15-10(17)6-14/h2-5H,6H2,1H3,(H,15,16,17). The van der Waals surface area contributed by atoms with Gasteiger partial charge in [-0.15, -0.1) is 22.9 Å². The van der Waals surface area contributed by atoms with Crippen LogP contribution >= 0.6 is 38.9 Å². The van der Waals surface area contributed by atoms with E-state index >= 15 is 0 Å². The number of hydrogen-bond donors (Lipinski definition) is 1. The predicted molar refractivity (Wildman–Crippen MR) is 79.3 cm³/mol. The normalized spacial score (nSPS) is 10.4. The van der Waals surface area contributed by atoms with Gasteiger partial charge in [-0.1, -0.05) is 28.1 Å². The van der Waals surface area contributed by atoms with Crippen molar-refractivity contribution in [2.75, 3.05) is 11.2 Å². The van der Waals surface area contributed by atoms with E-state index in [-0.39, 0.29) is 11.8 Å². The van der Waals surface area contributed by atoms with E-state index in [0.717, 1.165) is 20.6 Å². The molecular weight excluding hydrogens is 336 g/mol. The van der Waals surface area contributed by atoms with E-state index in [1.807, 2.05) is 31.2 Å². The van der Waals surface area contributed by atoms with Gasteiger partial charge in [-0.05, 0) is 19.1 Å². The molecule has 2 rings (SSSR count). The topological polar surface area (TPSA) is 42.0 Å². The minimum absolute atomic E-state index is 0.0632. The van der Waals surface area contributed by atoms with Crippen molar-refractivity contribution >= 4 is 49.9 Å². The lowest BCUT2D eigenvalue weighted by atomic mass is 10.1. The zero-order valence-electron chi connectivity index (χ0n) is 9.54. The maximum absolute atomic E-state index is 11.2. The first kappa shape index (κ1) is 13.5. The van der Waals surface area contributed by atoms with Crippen LogP contribution in [-0.4, -0.2) is 16.8 Å². The summed E-state index contributed by atoms with van der Waals surface area (Å²) in [5.74, 6) is -0.306. The number of carbonyl (C=O) groups is 1. The fraction of sp³-hybridized carbons (Fsp3) is 0.167. The summed E-state index contributed by atoms with van der Waals surface area (Å²) >= 11 is 10.3. The molecule has 0 atom stereocenters. The van der Waals surface area contributed by atoms with Crippen molar-refractivity contribution in [2.24, 2.45) is 0 Å². The lowest BCUT2D eigenvalue weighted by Crippen LogP contribution is -2.12. The van der Waals surface area contributed by atoms with Gasteiger partial charge in [-0.25, -0.2) is 4.98 Å². The molecule has 1 heterocycles. The van der Waals surface area contributed by atoms with Crippen LogP contribution in [0.4, 0.5) is 5.13 Å². The van der Waals surface area contributed by atoms with Crippen molar-refractivity contribution in [2.45, 2.75) is 6.92 Å². The second-order valence-corrected chi connectivity index (χ2v) is 6.00. The van der Waals surface area contributed by atoms with Crippen LogP contribution in [0.3, 0.4) is 0 Å². The van der Waals surface area contributed by atoms with Gasteiger partial charge in [0.05, 0.1) is 5.69 Å². The Morgan fingerprint density at radius 3 is 2.72 bits per heavy atom. The number of anilines is 1. The Labute approximate surface area is 122 Å². The van der Waals surface area contributed by atoms with Gasteiger partial charge in [0.2, 0.25) is 5.91 Å². The van der Waals surface area contributed by atoms with E-state index in [4.69, 9.17) is 11.6 Å². The highest BCUT2D eigenvalue weighted by molar-refractivity contribution is 9.10. The van der Waals surface area contributed by atoms with Crippen molar-refractivity contribution in [1.82, 2.24) is 4.98 Å². The van der Waals surface area contributed by atoms with E-state index < -0.39 is 0 Å². The Bertz CT molecular complexity index is 568. The predicted octanol–water partition coefficient (Wildman–Crippen LogP) is 4.06. The Kier molecular flexibility index (Phi) is 4.37. The van der Waals surface area contributed by atoms with Crippen LogP contribution in [0.15, 0.2) is 28.7 Å². The van der Waals surface area contributed by atoms with Crippen LogP contribution < -0.4 is 5.32 Å². The molecule has 0 aliphatic heterocycles. The number of alkyl halides is 1. The van der Waals surface area contributed by atoms with E-state index in [0.29, 0.717) is 5.13 Å². The van der Waals surface area contributed by atoms with Crippen LogP contribution in [-0.2, 0) is 4.79 Å². The van der Waals surface area contributed by atoms with Gasteiger partial charge in [0.1, 0.15) is 5.88 Å². The number of benzene rings is 1. The minimum Gasteiger partial charge on any atom is -0.301 e. The molecule has 0 radical (unpaired) electrons. The summed E-state index contributed by atoms with van der Waals surface area (Å²) in [4.78, 5) is 16.7. The highest BCUT2D eigenvalue weighted by Gasteiger charge is 2.11. The number of amides is 1. The molecule has 0 fully saturated rings. The number of thiazole rings is 1. The highest BCUT2D eigenvalue weighted by atomic mass is 79.9. The molecule has 18 heavy (non-hydrogen) atoms. The van der Waals surface area contributed by atoms with Gasteiger partial charge >= 0.3 is 0 Å². The van der Waals surface area contributed by atoms with Gasteiger partial charge in [0, 0.05) is 14.9 Å². The zero-order chi connectivity index (χ0) is 13.1. The average Bonchev–Trinajstić information content (AvgIpc) is 2.71. The molecule has 0 saturated carbocycles. The first-order chi connectivity index (χ1) is 8.60. The van der Waals surface area contributed by atoms with Crippen molar-refractivity contribution in [3.05, 3.63) is 33.6 Å². The third-order valence-electron chi connectivity index (χ3n) is 2.28. The smallest absolute Gasteiger partial charge is 0.241 e. The first-order valence-electron chi connectivity index (χ1n) is 5.19. The quantitative estimate of drug-likeness (QED) is 0.852. The number of aryl methyl sites for hydroxylation is 1. The van der Waals surface area contributed by atoms with Crippen LogP contribution in [0, 0.1) is 6.92 Å². The Hall–Kier alpha value is -0.910. The van der Waals surface area contributed by atoms with Gasteiger partial charge < -0.3 is 5.32 Å². The molecule has 1 N–H and O–H groups in total. The summed E-state index contributed by atoms with van der Waals surface area (Å²) in [5, 5.41) is 3.24. The first-order valence-corrected chi connectivity index (χ1v) is 7.33. The third kappa shape index (κ3) is 3.10. The summed E-state index contributed by atoms with van der Waals surface area (Å²) in [6.45, 7) is 1.98. The van der Waals surface area contributed by atoms with E-state index in [1.54, 1.807) is 0 Å². The maximum atomic E-state index is 11.2. The maximum Gasteiger partial charge on any atom is 0.241 e. The van der Waals surface area contributed by atoms with Gasteiger partial charge in [-0.3, -0.25) is 4.79 Å². The molecule has 0 aliphatic carbocycles. The number of carbonyl (C=O) groups excluding carboxylic acids is 1. The molecule has 6 heteroatoms. The van der Waals surface area contributed by atoms with Crippen molar-refractivity contribution < 1.29 is 4.79 Å². The fourth-order valence-corrected chi connectivity index (χ4v) is 2.66. The summed E-state index contributed by atoms with van der Waals surface area (Å²) < 4.78 is 1.02. The molecule has 0 saturated heterocycles. The molecule has 1 aromatic heterocycles. The molecule has 94 valence electrons. The average molecular weight is 346 g/mol. The minimum atomic E-state index is -0.243. The lowest BCUT2D eigenvalue weighted by molar-refractivity contribution is -0.113. The molecule has 1 amide bonds. The summed E-state index contributed by atoms with van der Waals surface area (Å²) in [6, 6.07) is 7.90. The van der Waals surface area contributed by atoms with Crippen LogP contribution in [0.25, 0.3) is 11.3 Å². The Balaban J connectivity index is 2.29. The van der Waals surface area contributed by atoms with Crippen LogP contribution in [0.2, 0.25) is 0 Å². The van der Waals surface area contributed by atoms with Gasteiger partial charge in [-0.2, -0.15) is 0 Å². The number of hydrogen-bond acceptors (Lipinski definition) is 3.